The van der Waals surface area contributed by atoms with Gasteiger partial charge in [-0.05, 0) is 66.4 Å². The summed E-state index contributed by atoms with van der Waals surface area (Å²) in [6.45, 7) is 5.36. The maximum Gasteiger partial charge on any atom is 0.333 e. The van der Waals surface area contributed by atoms with Gasteiger partial charge in [0.2, 0.25) is 13.6 Å². The Kier molecular flexibility index (Phi) is 13.5. The summed E-state index contributed by atoms with van der Waals surface area (Å²) in [5.41, 5.74) is 0.0820. The van der Waals surface area contributed by atoms with E-state index in [2.05, 4.69) is 22.6 Å². The number of benzene rings is 3. The first-order valence-corrected chi connectivity index (χ1v) is 13.7. The zero-order valence-corrected chi connectivity index (χ0v) is 24.7. The summed E-state index contributed by atoms with van der Waals surface area (Å²) in [5, 5.41) is 0. The lowest BCUT2D eigenvalue weighted by Crippen LogP contribution is -2.12. The number of ether oxygens (including phenoxy) is 6. The molecule has 0 N–H and O–H groups in total. The zero-order valence-electron chi connectivity index (χ0n) is 24.7. The van der Waals surface area contributed by atoms with Gasteiger partial charge in [-0.3, -0.25) is 9.59 Å². The molecule has 3 aromatic rings. The van der Waals surface area contributed by atoms with Crippen LogP contribution in [0.2, 0.25) is 0 Å². The summed E-state index contributed by atoms with van der Waals surface area (Å²) in [6, 6.07) is 10.8. The maximum absolute atomic E-state index is 14.3. The second-order valence-corrected chi connectivity index (χ2v) is 9.34. The quantitative estimate of drug-likeness (QED) is 0.0551. The number of aryl methyl sites for hydroxylation is 2. The Bertz CT molecular complexity index is 1620. The van der Waals surface area contributed by atoms with Crippen LogP contribution in [-0.4, -0.2) is 37.5 Å². The van der Waals surface area contributed by atoms with E-state index in [1.807, 2.05) is 0 Å². The minimum atomic E-state index is -3.09. The Labute approximate surface area is 266 Å². The summed E-state index contributed by atoms with van der Waals surface area (Å²) >= 11 is 0. The third-order valence-electron chi connectivity index (χ3n) is 6.06. The van der Waals surface area contributed by atoms with Crippen molar-refractivity contribution in [2.24, 2.45) is 0 Å². The molecule has 14 heteroatoms. The van der Waals surface area contributed by atoms with Crippen LogP contribution in [0, 0.1) is 11.6 Å². The predicted molar refractivity (Wildman–Crippen MR) is 156 cm³/mol. The molecular weight excluding hydrogens is 632 g/mol. The number of rotatable bonds is 17. The first-order valence-electron chi connectivity index (χ1n) is 13.7. The molecule has 0 saturated carbocycles. The fourth-order valence-corrected chi connectivity index (χ4v) is 3.76. The monoisotopic (exact) mass is 660 g/mol. The predicted octanol–water partition coefficient (Wildman–Crippen LogP) is 6.11. The van der Waals surface area contributed by atoms with Gasteiger partial charge >= 0.3 is 23.9 Å². The van der Waals surface area contributed by atoms with E-state index in [0.29, 0.717) is 11.1 Å². The molecule has 0 spiro atoms. The molecule has 248 valence electrons. The highest BCUT2D eigenvalue weighted by Crippen LogP contribution is 2.33. The van der Waals surface area contributed by atoms with E-state index in [0.717, 1.165) is 42.5 Å². The fraction of sp³-hybridized carbons (Fsp3) is 0.212. The van der Waals surface area contributed by atoms with Gasteiger partial charge in [0.15, 0.2) is 23.1 Å². The molecule has 0 heterocycles. The molecule has 0 saturated heterocycles. The first kappa shape index (κ1) is 35.8. The molecule has 0 fully saturated rings. The van der Waals surface area contributed by atoms with Crippen molar-refractivity contribution in [3.05, 3.63) is 108 Å². The number of alkyl halides is 2. The van der Waals surface area contributed by atoms with E-state index in [1.54, 1.807) is 0 Å². The van der Waals surface area contributed by atoms with Crippen molar-refractivity contribution in [3.8, 4) is 23.0 Å². The average Bonchev–Trinajstić information content (AvgIpc) is 3.04. The molecule has 0 aliphatic rings. The van der Waals surface area contributed by atoms with Crippen LogP contribution in [0.4, 0.5) is 17.6 Å². The molecule has 0 aromatic heterocycles. The van der Waals surface area contributed by atoms with Crippen molar-refractivity contribution in [1.29, 1.82) is 0 Å². The lowest BCUT2D eigenvalue weighted by atomic mass is 10.1. The highest BCUT2D eigenvalue weighted by Gasteiger charge is 2.20. The summed E-state index contributed by atoms with van der Waals surface area (Å²) in [7, 11) is 0. The van der Waals surface area contributed by atoms with Gasteiger partial charge in [-0.1, -0.05) is 25.3 Å². The fourth-order valence-electron chi connectivity index (χ4n) is 3.76. The average molecular weight is 661 g/mol. The summed E-state index contributed by atoms with van der Waals surface area (Å²) in [6.07, 6.45) is -1.72. The van der Waals surface area contributed by atoms with Crippen LogP contribution in [-0.2, 0) is 41.5 Å². The van der Waals surface area contributed by atoms with E-state index in [-0.39, 0.29) is 42.9 Å². The van der Waals surface area contributed by atoms with Crippen molar-refractivity contribution in [2.75, 3.05) is 13.6 Å². The van der Waals surface area contributed by atoms with Crippen LogP contribution in [0.25, 0.3) is 0 Å². The Morgan fingerprint density at radius 1 is 0.660 bits per heavy atom. The largest absolute Gasteiger partial charge is 0.454 e. The van der Waals surface area contributed by atoms with E-state index in [4.69, 9.17) is 18.9 Å². The smallest absolute Gasteiger partial charge is 0.333 e. The van der Waals surface area contributed by atoms with Gasteiger partial charge < -0.3 is 28.4 Å². The second kappa shape index (κ2) is 17.7. The molecule has 3 rings (SSSR count). The Hall–Kier alpha value is -5.66. The van der Waals surface area contributed by atoms with Crippen LogP contribution in [0.3, 0.4) is 0 Å². The summed E-state index contributed by atoms with van der Waals surface area (Å²) in [4.78, 5) is 46.8. The highest BCUT2D eigenvalue weighted by molar-refractivity contribution is 5.81. The molecule has 0 aliphatic heterocycles. The van der Waals surface area contributed by atoms with Gasteiger partial charge in [0, 0.05) is 25.0 Å². The number of hydrogen-bond acceptors (Lipinski definition) is 10. The maximum atomic E-state index is 14.3. The lowest BCUT2D eigenvalue weighted by molar-refractivity contribution is -0.145. The van der Waals surface area contributed by atoms with Gasteiger partial charge in [0.25, 0.3) is 6.43 Å². The van der Waals surface area contributed by atoms with Gasteiger partial charge in [-0.25, -0.2) is 27.2 Å². The normalized spacial score (nSPS) is 10.5. The molecule has 0 radical (unpaired) electrons. The Morgan fingerprint density at radius 3 is 1.57 bits per heavy atom. The van der Waals surface area contributed by atoms with Gasteiger partial charge in [0.05, 0.1) is 5.56 Å². The molecular formula is C33H28F4O10. The van der Waals surface area contributed by atoms with Crippen LogP contribution >= 0.6 is 0 Å². The second-order valence-electron chi connectivity index (χ2n) is 9.34. The molecule has 0 atom stereocenters. The van der Waals surface area contributed by atoms with E-state index < -0.39 is 66.8 Å². The minimum absolute atomic E-state index is 0.00595. The molecule has 10 nitrogen and oxygen atoms in total. The molecule has 0 aliphatic carbocycles. The standard InChI is InChI=1S/C33H28F4O10/c1-3-29(38)44-18-42-27-10-5-20(15-24(27)34)7-13-31(40)46-22-9-12-26(23(17-22)33(36)37)47-32(41)14-8-21-6-11-28(25(35)16-21)43-19-45-30(39)4-2/h3-6,9-12,15-17,33H,1-2,7-8,13-14,18-19H2. The van der Waals surface area contributed by atoms with Crippen molar-refractivity contribution < 1.29 is 65.2 Å². The summed E-state index contributed by atoms with van der Waals surface area (Å²) < 4.78 is 85.5. The molecule has 0 bridgehead atoms. The first-order chi connectivity index (χ1) is 22.5. The third kappa shape index (κ3) is 11.7. The minimum Gasteiger partial charge on any atom is -0.454 e. The van der Waals surface area contributed by atoms with Crippen molar-refractivity contribution >= 4 is 23.9 Å². The molecule has 3 aromatic carbocycles. The van der Waals surface area contributed by atoms with Crippen LogP contribution < -0.4 is 18.9 Å². The number of esters is 4. The molecule has 47 heavy (non-hydrogen) atoms. The SMILES string of the molecule is C=CC(=O)OCOc1ccc(CCC(=O)Oc2ccc(OC(=O)CCc3ccc(OCOC(=O)C=C)c(F)c3)c(C(F)F)c2)cc1F. The number of carbonyl (C=O) groups excluding carboxylic acids is 4. The molecule has 0 amide bonds. The zero-order chi connectivity index (χ0) is 34.3. The topological polar surface area (TPSA) is 124 Å². The van der Waals surface area contributed by atoms with Crippen LogP contribution in [0.15, 0.2) is 79.9 Å². The van der Waals surface area contributed by atoms with Crippen LogP contribution in [0.1, 0.15) is 36.0 Å². The number of halogens is 4. The lowest BCUT2D eigenvalue weighted by Gasteiger charge is -2.12. The van der Waals surface area contributed by atoms with E-state index >= 15 is 0 Å². The van der Waals surface area contributed by atoms with Gasteiger partial charge in [-0.2, -0.15) is 0 Å². The Morgan fingerprint density at radius 2 is 1.13 bits per heavy atom. The summed E-state index contributed by atoms with van der Waals surface area (Å²) in [5.74, 6) is -5.79. The highest BCUT2D eigenvalue weighted by atomic mass is 19.3. The van der Waals surface area contributed by atoms with Crippen molar-refractivity contribution in [3.63, 3.8) is 0 Å². The van der Waals surface area contributed by atoms with Crippen molar-refractivity contribution in [1.82, 2.24) is 0 Å². The van der Waals surface area contributed by atoms with Crippen LogP contribution in [0.5, 0.6) is 23.0 Å². The third-order valence-corrected chi connectivity index (χ3v) is 6.06. The van der Waals surface area contributed by atoms with E-state index in [1.165, 1.54) is 24.3 Å². The van der Waals surface area contributed by atoms with Gasteiger partial charge in [-0.15, -0.1) is 0 Å². The molecule has 0 unspecified atom stereocenters. The van der Waals surface area contributed by atoms with Gasteiger partial charge in [0.1, 0.15) is 11.5 Å². The Balaban J connectivity index is 1.50. The van der Waals surface area contributed by atoms with Crippen molar-refractivity contribution in [2.45, 2.75) is 32.1 Å². The van der Waals surface area contributed by atoms with E-state index in [9.17, 15) is 36.7 Å². The number of carbonyl (C=O) groups is 4. The number of hydrogen-bond donors (Lipinski definition) is 0.